The number of fused-ring (bicyclic) bond motifs is 2. The van der Waals surface area contributed by atoms with Crippen molar-refractivity contribution in [2.24, 2.45) is 33.9 Å². The predicted octanol–water partition coefficient (Wildman–Crippen LogP) is 4.83. The Labute approximate surface area is 176 Å². The number of Topliss-reactive ketones (excluding diaryl/α,β-unsaturated/α-hetero) is 2. The van der Waals surface area contributed by atoms with Crippen molar-refractivity contribution in [1.82, 2.24) is 0 Å². The fraction of sp³-hybridized carbons (Fsp3) is 0.880. The summed E-state index contributed by atoms with van der Waals surface area (Å²) in [7, 11) is 0. The zero-order chi connectivity index (χ0) is 21.0. The molecule has 4 heteroatoms. The Morgan fingerprint density at radius 3 is 1.72 bits per heavy atom. The molecule has 29 heavy (non-hydrogen) atoms. The second kappa shape index (κ2) is 7.20. The molecule has 0 aromatic rings. The van der Waals surface area contributed by atoms with Gasteiger partial charge in [-0.3, -0.25) is 9.59 Å². The Morgan fingerprint density at radius 1 is 0.793 bits per heavy atom. The van der Waals surface area contributed by atoms with Gasteiger partial charge in [-0.05, 0) is 31.6 Å². The van der Waals surface area contributed by atoms with Gasteiger partial charge in [-0.15, -0.1) is 4.68 Å². The van der Waals surface area contributed by atoms with Crippen LogP contribution in [0.15, 0.2) is 0 Å². The lowest BCUT2D eigenvalue weighted by atomic mass is 9.51. The first-order valence-corrected chi connectivity index (χ1v) is 12.1. The Balaban J connectivity index is 1.76. The van der Waals surface area contributed by atoms with Crippen LogP contribution in [0.4, 0.5) is 0 Å². The van der Waals surface area contributed by atoms with E-state index < -0.39 is 5.41 Å². The molecule has 0 amide bonds. The molecule has 0 radical (unpaired) electrons. The number of carbonyl (C=O) groups excluding carboxylic acids is 2. The number of hydrazone groups is 1. The van der Waals surface area contributed by atoms with Crippen molar-refractivity contribution in [3.63, 3.8) is 0 Å². The van der Waals surface area contributed by atoms with Crippen LogP contribution >= 0.6 is 0 Å². The Hall–Kier alpha value is -1.19. The number of ketones is 2. The maximum absolute atomic E-state index is 14.0. The van der Waals surface area contributed by atoms with Crippen molar-refractivity contribution in [2.45, 2.75) is 111 Å². The summed E-state index contributed by atoms with van der Waals surface area (Å²) in [5.41, 5.74) is -0.453. The molecule has 1 spiro atoms. The number of hydrogen-bond donors (Lipinski definition) is 1. The van der Waals surface area contributed by atoms with Crippen molar-refractivity contribution in [3.05, 3.63) is 0 Å². The van der Waals surface area contributed by atoms with Gasteiger partial charge in [0.1, 0.15) is 11.3 Å². The maximum Gasteiger partial charge on any atom is 0.260 e. The monoisotopic (exact) mass is 401 g/mol. The van der Waals surface area contributed by atoms with Gasteiger partial charge in [0.2, 0.25) is 5.78 Å². The van der Waals surface area contributed by atoms with Gasteiger partial charge in [0.05, 0.1) is 0 Å². The first-order valence-electron chi connectivity index (χ1n) is 12.1. The molecule has 2 N–H and O–H groups in total. The topological polar surface area (TPSA) is 63.2 Å². The number of nitrogens with zero attached hydrogens (tertiary/aromatic N) is 1. The second-order valence-electron chi connectivity index (χ2n) is 11.9. The lowest BCUT2D eigenvalue weighted by Crippen LogP contribution is -2.61. The van der Waals surface area contributed by atoms with Gasteiger partial charge in [0, 0.05) is 10.8 Å². The normalized spacial score (nSPS) is 38.1. The maximum atomic E-state index is 14.0. The fourth-order valence-electron chi connectivity index (χ4n) is 8.08. The van der Waals surface area contributed by atoms with E-state index in [0.717, 1.165) is 12.8 Å². The molecule has 5 rings (SSSR count). The van der Waals surface area contributed by atoms with Gasteiger partial charge in [0.25, 0.3) is 5.71 Å². The zero-order valence-corrected chi connectivity index (χ0v) is 19.1. The standard InChI is InChI=1S/C25H40N2O2/c1-23(2)15-25-16-24(3,4)22(23)27(26)19(21(25)29)18(20(25)28)17-13-11-9-7-5-6-8-10-12-14-17/h17-18,22H,5-16H2,1-4H3,(H-,26,29)/p+1. The van der Waals surface area contributed by atoms with E-state index in [2.05, 4.69) is 27.7 Å². The Bertz CT molecular complexity index is 703. The molecule has 1 atom stereocenters. The molecule has 162 valence electrons. The molecule has 3 fully saturated rings. The largest absolute Gasteiger partial charge is 0.298 e. The van der Waals surface area contributed by atoms with Crippen LogP contribution in [0.25, 0.3) is 0 Å². The smallest absolute Gasteiger partial charge is 0.260 e. The molecular formula is C25H41N2O2+. The van der Waals surface area contributed by atoms with E-state index in [1.165, 1.54) is 51.4 Å². The van der Waals surface area contributed by atoms with Gasteiger partial charge < -0.3 is 0 Å². The average molecular weight is 402 g/mol. The van der Waals surface area contributed by atoms with Crippen molar-refractivity contribution in [1.29, 1.82) is 0 Å². The highest BCUT2D eigenvalue weighted by Crippen LogP contribution is 2.61. The summed E-state index contributed by atoms with van der Waals surface area (Å²) in [4.78, 5) is 27.8. The van der Waals surface area contributed by atoms with Crippen LogP contribution in [0.2, 0.25) is 0 Å². The van der Waals surface area contributed by atoms with Gasteiger partial charge in [0.15, 0.2) is 11.8 Å². The minimum Gasteiger partial charge on any atom is -0.298 e. The van der Waals surface area contributed by atoms with E-state index in [1.54, 1.807) is 4.68 Å². The molecule has 2 heterocycles. The van der Waals surface area contributed by atoms with Crippen molar-refractivity contribution in [3.8, 4) is 0 Å². The van der Waals surface area contributed by atoms with Crippen molar-refractivity contribution in [2.75, 3.05) is 0 Å². The minimum absolute atomic E-state index is 0.0745. The van der Waals surface area contributed by atoms with Gasteiger partial charge in [-0.1, -0.05) is 79.1 Å². The summed E-state index contributed by atoms with van der Waals surface area (Å²) in [5, 5.41) is 0. The average Bonchev–Trinajstić information content (AvgIpc) is 2.73. The Morgan fingerprint density at radius 2 is 1.24 bits per heavy atom. The summed E-state index contributed by atoms with van der Waals surface area (Å²) in [6.45, 7) is 8.79. The number of rotatable bonds is 1. The quantitative estimate of drug-likeness (QED) is 0.389. The third kappa shape index (κ3) is 3.20. The molecular weight excluding hydrogens is 360 g/mol. The molecule has 0 saturated heterocycles. The van der Waals surface area contributed by atoms with E-state index in [0.29, 0.717) is 18.6 Å². The number of nitrogens with two attached hydrogens (primary N) is 1. The first-order chi connectivity index (χ1) is 13.6. The van der Waals surface area contributed by atoms with Crippen LogP contribution in [0.5, 0.6) is 0 Å². The molecule has 4 nitrogen and oxygen atoms in total. The van der Waals surface area contributed by atoms with Crippen LogP contribution < -0.4 is 5.84 Å². The van der Waals surface area contributed by atoms with E-state index in [9.17, 15) is 9.59 Å². The molecule has 3 bridgehead atoms. The van der Waals surface area contributed by atoms with E-state index in [1.807, 2.05) is 0 Å². The third-order valence-corrected chi connectivity index (χ3v) is 8.64. The Kier molecular flexibility index (Phi) is 5.23. The number of hydrogen-bond acceptors (Lipinski definition) is 3. The zero-order valence-electron chi connectivity index (χ0n) is 19.1. The summed E-state index contributed by atoms with van der Waals surface area (Å²) < 4.78 is 1.80. The second-order valence-corrected chi connectivity index (χ2v) is 11.9. The summed E-state index contributed by atoms with van der Waals surface area (Å²) >= 11 is 0. The van der Waals surface area contributed by atoms with Gasteiger partial charge in [-0.25, -0.2) is 5.84 Å². The van der Waals surface area contributed by atoms with E-state index in [4.69, 9.17) is 5.84 Å². The highest BCUT2D eigenvalue weighted by Gasteiger charge is 2.75. The predicted molar refractivity (Wildman–Crippen MR) is 116 cm³/mol. The van der Waals surface area contributed by atoms with Crippen molar-refractivity contribution >= 4 is 17.3 Å². The van der Waals surface area contributed by atoms with Crippen LogP contribution in [0, 0.1) is 28.1 Å². The van der Waals surface area contributed by atoms with Crippen LogP contribution in [0.1, 0.15) is 105 Å². The molecule has 0 aromatic carbocycles. The van der Waals surface area contributed by atoms with Gasteiger partial charge >= 0.3 is 0 Å². The molecule has 1 unspecified atom stereocenters. The fourth-order valence-corrected chi connectivity index (χ4v) is 8.08. The van der Waals surface area contributed by atoms with Gasteiger partial charge in [-0.2, -0.15) is 0 Å². The summed E-state index contributed by atoms with van der Waals surface area (Å²) in [6, 6.07) is 0.0999. The van der Waals surface area contributed by atoms with Crippen molar-refractivity contribution < 1.29 is 14.3 Å². The SMILES string of the molecule is CC1(C)CC23CC(C)(C)C1[N+](N)=C(C2=O)C(C1CCCCCCCCCC1)C3=O. The highest BCUT2D eigenvalue weighted by molar-refractivity contribution is 6.53. The number of hydrazine groups is 1. The van der Waals surface area contributed by atoms with Crippen LogP contribution in [-0.4, -0.2) is 28.0 Å². The molecule has 3 aliphatic carbocycles. The summed E-state index contributed by atoms with van der Waals surface area (Å²) in [6.07, 6.45) is 13.6. The highest BCUT2D eigenvalue weighted by atomic mass is 16.2. The molecule has 2 aliphatic heterocycles. The molecule has 3 saturated carbocycles. The van der Waals surface area contributed by atoms with Crippen LogP contribution in [-0.2, 0) is 9.59 Å². The molecule has 0 aromatic heterocycles. The minimum atomic E-state index is -0.830. The number of carbonyl (C=O) groups is 2. The lowest BCUT2D eigenvalue weighted by Gasteiger charge is -2.50. The summed E-state index contributed by atoms with van der Waals surface area (Å²) in [5.74, 6) is 7.09. The lowest BCUT2D eigenvalue weighted by molar-refractivity contribution is -0.613. The van der Waals surface area contributed by atoms with E-state index in [-0.39, 0.29) is 40.3 Å². The first kappa shape index (κ1) is 21.1. The third-order valence-electron chi connectivity index (χ3n) is 8.64. The van der Waals surface area contributed by atoms with E-state index >= 15 is 0 Å². The van der Waals surface area contributed by atoms with Crippen LogP contribution in [0.3, 0.4) is 0 Å². The molecule has 5 aliphatic rings.